The predicted octanol–water partition coefficient (Wildman–Crippen LogP) is 3.15. The lowest BCUT2D eigenvalue weighted by Crippen LogP contribution is -2.26. The molecule has 0 amide bonds. The van der Waals surface area contributed by atoms with Gasteiger partial charge in [-0.05, 0) is 37.6 Å². The maximum atomic E-state index is 11.9. The Hall–Kier alpha value is -2.15. The number of hydrogen-bond donors (Lipinski definition) is 1. The summed E-state index contributed by atoms with van der Waals surface area (Å²) in [5.41, 5.74) is 3.50. The maximum absolute atomic E-state index is 11.9. The van der Waals surface area contributed by atoms with Gasteiger partial charge in [-0.1, -0.05) is 15.9 Å². The number of aromatic nitrogens is 3. The topological polar surface area (TPSA) is 86.2 Å². The van der Waals surface area contributed by atoms with Crippen molar-refractivity contribution in [3.05, 3.63) is 46.8 Å². The van der Waals surface area contributed by atoms with Crippen LogP contribution in [0.3, 0.4) is 0 Å². The Bertz CT molecular complexity index is 777. The molecule has 1 aliphatic carbocycles. The lowest BCUT2D eigenvalue weighted by atomic mass is 10.2. The van der Waals surface area contributed by atoms with Crippen molar-refractivity contribution in [2.45, 2.75) is 18.2 Å². The van der Waals surface area contributed by atoms with Crippen LogP contribution < -0.4 is 10.1 Å². The van der Waals surface area contributed by atoms with E-state index in [1.54, 1.807) is 38.2 Å². The molecule has 0 saturated heterocycles. The number of halogens is 2. The number of ether oxygens (including phenoxy) is 2. The molecule has 0 aromatic carbocycles. The maximum Gasteiger partial charge on any atom is 0.327 e. The molecular formula is C15H14BrClN4O3. The molecule has 0 spiro atoms. The van der Waals surface area contributed by atoms with E-state index in [0.29, 0.717) is 11.5 Å². The lowest BCUT2D eigenvalue weighted by Gasteiger charge is -2.14. The summed E-state index contributed by atoms with van der Waals surface area (Å²) in [5, 5.41) is 2.95. The van der Waals surface area contributed by atoms with Gasteiger partial charge in [-0.25, -0.2) is 0 Å². The van der Waals surface area contributed by atoms with Crippen LogP contribution >= 0.6 is 27.5 Å². The molecular weight excluding hydrogens is 400 g/mol. The SMILES string of the molecule is COc1nc(Cl)nc(NC2=CC=C(OC(=O)C(C)(C)Br)C=C=C2)n1. The third-order valence-corrected chi connectivity index (χ3v) is 3.11. The van der Waals surface area contributed by atoms with Gasteiger partial charge in [0.05, 0.1) is 7.11 Å². The normalized spacial score (nSPS) is 13.7. The van der Waals surface area contributed by atoms with Crippen molar-refractivity contribution in [2.75, 3.05) is 12.4 Å². The van der Waals surface area contributed by atoms with Gasteiger partial charge in [0.15, 0.2) is 0 Å². The van der Waals surface area contributed by atoms with Gasteiger partial charge < -0.3 is 14.8 Å². The Morgan fingerprint density at radius 2 is 2.04 bits per heavy atom. The number of esters is 1. The molecule has 0 saturated carbocycles. The zero-order valence-corrected chi connectivity index (χ0v) is 15.5. The van der Waals surface area contributed by atoms with Gasteiger partial charge >= 0.3 is 12.0 Å². The summed E-state index contributed by atoms with van der Waals surface area (Å²) in [5.74, 6) is 0.156. The first-order valence-corrected chi connectivity index (χ1v) is 7.93. The fourth-order valence-electron chi connectivity index (χ4n) is 1.46. The molecule has 0 radical (unpaired) electrons. The number of methoxy groups -OCH3 is 1. The van der Waals surface area contributed by atoms with Crippen molar-refractivity contribution in [2.24, 2.45) is 0 Å². The molecule has 1 aliphatic rings. The van der Waals surface area contributed by atoms with Gasteiger partial charge in [-0.2, -0.15) is 15.0 Å². The zero-order chi connectivity index (χ0) is 17.7. The average molecular weight is 414 g/mol. The highest BCUT2D eigenvalue weighted by atomic mass is 79.9. The molecule has 1 heterocycles. The van der Waals surface area contributed by atoms with Crippen LogP contribution in [-0.4, -0.2) is 32.4 Å². The largest absolute Gasteiger partial charge is 0.467 e. The van der Waals surface area contributed by atoms with Crippen molar-refractivity contribution >= 4 is 39.4 Å². The summed E-state index contributed by atoms with van der Waals surface area (Å²) in [6.07, 6.45) is 6.49. The molecule has 7 nitrogen and oxygen atoms in total. The molecule has 2 rings (SSSR count). The standard InChI is InChI=1S/C15H14BrClN4O3/c1-15(2,16)11(22)24-10-6-4-5-9(7-8-10)18-13-19-12(17)20-14(21-13)23-3/h5-8H,1-3H3,(H,18,19,20,21). The number of allylic oxidation sites excluding steroid dienone is 4. The zero-order valence-electron chi connectivity index (χ0n) is 13.1. The van der Waals surface area contributed by atoms with Crippen LogP contribution in [0.25, 0.3) is 0 Å². The second-order valence-electron chi connectivity index (χ2n) is 5.05. The van der Waals surface area contributed by atoms with Crippen LogP contribution in [0, 0.1) is 0 Å². The van der Waals surface area contributed by atoms with E-state index in [-0.39, 0.29) is 17.2 Å². The van der Waals surface area contributed by atoms with E-state index in [2.05, 4.69) is 41.9 Å². The number of nitrogens with one attached hydrogen (secondary N) is 1. The van der Waals surface area contributed by atoms with E-state index >= 15 is 0 Å². The van der Waals surface area contributed by atoms with Crippen LogP contribution in [0.4, 0.5) is 5.95 Å². The van der Waals surface area contributed by atoms with Crippen molar-refractivity contribution in [3.8, 4) is 6.01 Å². The number of anilines is 1. The van der Waals surface area contributed by atoms with E-state index < -0.39 is 10.3 Å². The van der Waals surface area contributed by atoms with Gasteiger partial charge in [0.2, 0.25) is 11.2 Å². The van der Waals surface area contributed by atoms with E-state index in [0.717, 1.165) is 0 Å². The van der Waals surface area contributed by atoms with Crippen molar-refractivity contribution in [1.29, 1.82) is 0 Å². The van der Waals surface area contributed by atoms with E-state index in [4.69, 9.17) is 21.1 Å². The fraction of sp³-hybridized carbons (Fsp3) is 0.267. The number of nitrogens with zero attached hydrogens (tertiary/aromatic N) is 3. The molecule has 9 heteroatoms. The van der Waals surface area contributed by atoms with Gasteiger partial charge in [-0.15, -0.1) is 5.73 Å². The Labute approximate surface area is 152 Å². The minimum Gasteiger partial charge on any atom is -0.467 e. The van der Waals surface area contributed by atoms with Gasteiger partial charge in [0.1, 0.15) is 10.1 Å². The molecule has 126 valence electrons. The second-order valence-corrected chi connectivity index (χ2v) is 7.37. The number of alkyl halides is 1. The Morgan fingerprint density at radius 1 is 1.29 bits per heavy atom. The van der Waals surface area contributed by atoms with Crippen molar-refractivity contribution < 1.29 is 14.3 Å². The van der Waals surface area contributed by atoms with Crippen LogP contribution in [0.2, 0.25) is 5.28 Å². The summed E-state index contributed by atoms with van der Waals surface area (Å²) in [6.45, 7) is 3.40. The number of rotatable bonds is 5. The molecule has 0 fully saturated rings. The third kappa shape index (κ3) is 5.19. The Morgan fingerprint density at radius 3 is 2.71 bits per heavy atom. The monoisotopic (exact) mass is 412 g/mol. The average Bonchev–Trinajstić information content (AvgIpc) is 2.71. The lowest BCUT2D eigenvalue weighted by molar-refractivity contribution is -0.140. The highest BCUT2D eigenvalue weighted by Crippen LogP contribution is 2.20. The van der Waals surface area contributed by atoms with Gasteiger partial charge in [0.25, 0.3) is 0 Å². The van der Waals surface area contributed by atoms with Crippen LogP contribution in [-0.2, 0) is 9.53 Å². The molecule has 1 N–H and O–H groups in total. The summed E-state index contributed by atoms with van der Waals surface area (Å²) >= 11 is 9.04. The van der Waals surface area contributed by atoms with Crippen LogP contribution in [0.5, 0.6) is 6.01 Å². The molecule has 0 atom stereocenters. The Kier molecular flexibility index (Phi) is 5.77. The summed E-state index contributed by atoms with van der Waals surface area (Å²) in [7, 11) is 1.43. The first-order chi connectivity index (χ1) is 11.3. The Balaban J connectivity index is 2.15. The van der Waals surface area contributed by atoms with E-state index in [9.17, 15) is 4.79 Å². The number of carbonyl (C=O) groups excluding carboxylic acids is 1. The predicted molar refractivity (Wildman–Crippen MR) is 92.9 cm³/mol. The minimum atomic E-state index is -0.777. The van der Waals surface area contributed by atoms with Crippen LogP contribution in [0.1, 0.15) is 13.8 Å². The first kappa shape index (κ1) is 18.2. The van der Waals surface area contributed by atoms with E-state index in [1.807, 2.05) is 0 Å². The van der Waals surface area contributed by atoms with Gasteiger partial charge in [0, 0.05) is 17.8 Å². The number of hydrogen-bond acceptors (Lipinski definition) is 7. The molecule has 24 heavy (non-hydrogen) atoms. The quantitative estimate of drug-likeness (QED) is 0.451. The van der Waals surface area contributed by atoms with Crippen molar-refractivity contribution in [3.63, 3.8) is 0 Å². The first-order valence-electron chi connectivity index (χ1n) is 6.76. The summed E-state index contributed by atoms with van der Waals surface area (Å²) < 4.78 is 9.43. The molecule has 0 unspecified atom stereocenters. The second kappa shape index (κ2) is 7.61. The molecule has 0 bridgehead atoms. The van der Waals surface area contributed by atoms with Crippen molar-refractivity contribution in [1.82, 2.24) is 15.0 Å². The summed E-state index contributed by atoms with van der Waals surface area (Å²) in [6, 6.07) is 0.0935. The van der Waals surface area contributed by atoms with Gasteiger partial charge in [-0.3, -0.25) is 4.79 Å². The number of carbonyl (C=O) groups is 1. The molecule has 1 aromatic rings. The smallest absolute Gasteiger partial charge is 0.327 e. The minimum absolute atomic E-state index is 0.00260. The van der Waals surface area contributed by atoms with Crippen LogP contribution in [0.15, 0.2) is 41.5 Å². The summed E-state index contributed by atoms with van der Waals surface area (Å²) in [4.78, 5) is 23.6. The molecule has 0 aliphatic heterocycles. The fourth-order valence-corrected chi connectivity index (χ4v) is 1.69. The third-order valence-electron chi connectivity index (χ3n) is 2.61. The highest BCUT2D eigenvalue weighted by molar-refractivity contribution is 9.10. The molecule has 1 aromatic heterocycles. The van der Waals surface area contributed by atoms with E-state index in [1.165, 1.54) is 7.11 Å². The highest BCUT2D eigenvalue weighted by Gasteiger charge is 2.26.